The Labute approximate surface area is 197 Å². The minimum absolute atomic E-state index is 0.0731. The van der Waals surface area contributed by atoms with Gasteiger partial charge < -0.3 is 10.6 Å². The van der Waals surface area contributed by atoms with Crippen LogP contribution in [0.25, 0.3) is 5.69 Å². The van der Waals surface area contributed by atoms with Crippen LogP contribution in [0.4, 0.5) is 20.7 Å². The lowest BCUT2D eigenvalue weighted by Gasteiger charge is -2.19. The largest absolute Gasteiger partial charge is 0.352 e. The zero-order valence-corrected chi connectivity index (χ0v) is 20.0. The van der Waals surface area contributed by atoms with Crippen LogP contribution in [0.1, 0.15) is 39.0 Å². The van der Waals surface area contributed by atoms with Gasteiger partial charge in [0.2, 0.25) is 5.91 Å². The molecule has 174 valence electrons. The molecule has 0 atom stereocenters. The summed E-state index contributed by atoms with van der Waals surface area (Å²) in [6.07, 6.45) is 0. The minimum Gasteiger partial charge on any atom is -0.352 e. The molecule has 2 N–H and O–H groups in total. The van der Waals surface area contributed by atoms with E-state index in [1.54, 1.807) is 29.9 Å². The van der Waals surface area contributed by atoms with Crippen LogP contribution in [-0.4, -0.2) is 28.8 Å². The van der Waals surface area contributed by atoms with Gasteiger partial charge in [-0.2, -0.15) is 5.10 Å². The lowest BCUT2D eigenvalue weighted by molar-refractivity contribution is -0.119. The van der Waals surface area contributed by atoms with Gasteiger partial charge in [-0.25, -0.2) is 13.9 Å². The van der Waals surface area contributed by atoms with Crippen LogP contribution < -0.4 is 15.5 Å². The Morgan fingerprint density at radius 1 is 1.15 bits per heavy atom. The molecule has 3 aromatic rings. The van der Waals surface area contributed by atoms with E-state index in [0.29, 0.717) is 27.8 Å². The summed E-state index contributed by atoms with van der Waals surface area (Å²) in [5.41, 5.74) is 1.88. The number of nitrogens with one attached hydrogen (secondary N) is 2. The van der Waals surface area contributed by atoms with Crippen molar-refractivity contribution in [2.24, 2.45) is 0 Å². The predicted molar refractivity (Wildman–Crippen MR) is 129 cm³/mol. The van der Waals surface area contributed by atoms with Crippen molar-refractivity contribution >= 4 is 35.0 Å². The van der Waals surface area contributed by atoms with E-state index >= 15 is 0 Å². The van der Waals surface area contributed by atoms with Crippen molar-refractivity contribution in [2.45, 2.75) is 39.7 Å². The maximum absolute atomic E-state index is 14.4. The first-order valence-corrected chi connectivity index (χ1v) is 10.8. The van der Waals surface area contributed by atoms with Crippen LogP contribution in [0, 0.1) is 5.82 Å². The third kappa shape index (κ3) is 5.90. The highest BCUT2D eigenvalue weighted by atomic mass is 35.5. The van der Waals surface area contributed by atoms with E-state index in [0.717, 1.165) is 5.69 Å². The van der Waals surface area contributed by atoms with Gasteiger partial charge in [-0.05, 0) is 30.3 Å². The topological polar surface area (TPSA) is 79.3 Å². The summed E-state index contributed by atoms with van der Waals surface area (Å²) in [5.74, 6) is -0.245. The fourth-order valence-electron chi connectivity index (χ4n) is 3.07. The molecule has 0 aliphatic heterocycles. The van der Waals surface area contributed by atoms with Gasteiger partial charge in [0.1, 0.15) is 11.6 Å². The Balaban J connectivity index is 1.87. The number of benzene rings is 2. The van der Waals surface area contributed by atoms with Crippen molar-refractivity contribution < 1.29 is 14.0 Å². The minimum atomic E-state index is -0.525. The molecule has 3 rings (SSSR count). The molecule has 0 saturated carbocycles. The number of anilines is 2. The second-order valence-corrected chi connectivity index (χ2v) is 9.17. The third-order valence-electron chi connectivity index (χ3n) is 4.99. The lowest BCUT2D eigenvalue weighted by Crippen LogP contribution is -2.32. The highest BCUT2D eigenvalue weighted by Crippen LogP contribution is 2.29. The number of rotatable bonds is 5. The molecule has 2 aromatic carbocycles. The first-order valence-electron chi connectivity index (χ1n) is 10.4. The second-order valence-electron chi connectivity index (χ2n) is 8.73. The molecule has 0 spiro atoms. The van der Waals surface area contributed by atoms with E-state index in [-0.39, 0.29) is 17.9 Å². The Morgan fingerprint density at radius 3 is 2.48 bits per heavy atom. The molecular formula is C24H27ClFN5O2. The summed E-state index contributed by atoms with van der Waals surface area (Å²) in [7, 11) is 1.61. The predicted octanol–water partition coefficient (Wildman–Crippen LogP) is 5.27. The normalized spacial score (nSPS) is 11.2. The number of amides is 3. The quantitative estimate of drug-likeness (QED) is 0.532. The molecule has 0 aliphatic carbocycles. The summed E-state index contributed by atoms with van der Waals surface area (Å²) in [6.45, 7) is 7.54. The van der Waals surface area contributed by atoms with Gasteiger partial charge in [0.05, 0.1) is 11.4 Å². The molecule has 1 aromatic heterocycles. The Kier molecular flexibility index (Phi) is 7.07. The molecule has 1 heterocycles. The van der Waals surface area contributed by atoms with E-state index in [4.69, 9.17) is 16.7 Å². The molecule has 0 aliphatic rings. The lowest BCUT2D eigenvalue weighted by atomic mass is 9.92. The van der Waals surface area contributed by atoms with Crippen molar-refractivity contribution in [1.82, 2.24) is 15.1 Å². The molecule has 0 saturated heterocycles. The molecule has 0 fully saturated rings. The van der Waals surface area contributed by atoms with Crippen LogP contribution in [0.5, 0.6) is 0 Å². The zero-order valence-electron chi connectivity index (χ0n) is 19.2. The average molecular weight is 472 g/mol. The van der Waals surface area contributed by atoms with Crippen LogP contribution >= 0.6 is 11.6 Å². The molecule has 7 nitrogen and oxygen atoms in total. The van der Waals surface area contributed by atoms with E-state index in [1.165, 1.54) is 24.0 Å². The van der Waals surface area contributed by atoms with Crippen LogP contribution in [0.2, 0.25) is 5.02 Å². The molecule has 0 radical (unpaired) electrons. The first kappa shape index (κ1) is 24.3. The maximum Gasteiger partial charge on any atom is 0.327 e. The maximum atomic E-state index is 14.4. The van der Waals surface area contributed by atoms with Gasteiger partial charge in [0.25, 0.3) is 0 Å². The van der Waals surface area contributed by atoms with Crippen LogP contribution in [0.3, 0.4) is 0 Å². The van der Waals surface area contributed by atoms with Crippen molar-refractivity contribution in [2.75, 3.05) is 17.3 Å². The van der Waals surface area contributed by atoms with Crippen LogP contribution in [-0.2, 0) is 16.8 Å². The fourth-order valence-corrected chi connectivity index (χ4v) is 3.26. The summed E-state index contributed by atoms with van der Waals surface area (Å²) in [5, 5.41) is 10.5. The van der Waals surface area contributed by atoms with E-state index in [9.17, 15) is 14.0 Å². The Bertz CT molecular complexity index is 1190. The van der Waals surface area contributed by atoms with Gasteiger partial charge in [0, 0.05) is 48.3 Å². The second kappa shape index (κ2) is 9.62. The summed E-state index contributed by atoms with van der Waals surface area (Å²) in [4.78, 5) is 25.5. The number of nitrogens with zero attached hydrogens (tertiary/aromatic N) is 3. The number of halogens is 2. The number of hydrogen-bond acceptors (Lipinski definition) is 3. The molecule has 0 bridgehead atoms. The smallest absolute Gasteiger partial charge is 0.327 e. The van der Waals surface area contributed by atoms with Gasteiger partial charge in [-0.3, -0.25) is 9.69 Å². The number of carbonyl (C=O) groups excluding carboxylic acids is 2. The average Bonchev–Trinajstić information content (AvgIpc) is 3.18. The van der Waals surface area contributed by atoms with E-state index in [2.05, 4.69) is 10.6 Å². The standard InChI is InChI=1S/C24H27ClFN5O2/c1-15(32)27-14-16-9-10-18(12-20(16)26)28-23(33)30(5)22-13-21(24(2,3)4)29-31(22)19-8-6-7-17(25)11-19/h6-13H,14H2,1-5H3,(H,27,32)(H,28,33). The SMILES string of the molecule is CC(=O)NCc1ccc(NC(=O)N(C)c2cc(C(C)(C)C)nn2-c2cccc(Cl)c2)cc1F. The summed E-state index contributed by atoms with van der Waals surface area (Å²) in [6, 6.07) is 12.9. The van der Waals surface area contributed by atoms with Crippen LogP contribution in [0.15, 0.2) is 48.5 Å². The molecule has 3 amide bonds. The van der Waals surface area contributed by atoms with Gasteiger partial charge >= 0.3 is 6.03 Å². The number of aromatic nitrogens is 2. The number of carbonyl (C=O) groups is 2. The van der Waals surface area contributed by atoms with Gasteiger partial charge in [-0.15, -0.1) is 0 Å². The van der Waals surface area contributed by atoms with Crippen molar-refractivity contribution in [3.63, 3.8) is 0 Å². The van der Waals surface area contributed by atoms with Gasteiger partial charge in [0.15, 0.2) is 0 Å². The number of urea groups is 1. The van der Waals surface area contributed by atoms with Crippen molar-refractivity contribution in [1.29, 1.82) is 0 Å². The zero-order chi connectivity index (χ0) is 24.3. The Morgan fingerprint density at radius 2 is 1.88 bits per heavy atom. The van der Waals surface area contributed by atoms with Gasteiger partial charge in [-0.1, -0.05) is 44.5 Å². The molecule has 9 heteroatoms. The van der Waals surface area contributed by atoms with E-state index < -0.39 is 11.8 Å². The highest BCUT2D eigenvalue weighted by molar-refractivity contribution is 6.30. The molecular weight excluding hydrogens is 445 g/mol. The number of hydrogen-bond donors (Lipinski definition) is 2. The van der Waals surface area contributed by atoms with Crippen molar-refractivity contribution in [3.8, 4) is 5.69 Å². The summed E-state index contributed by atoms with van der Waals surface area (Å²) < 4.78 is 16.0. The Hall–Kier alpha value is -3.39. The monoisotopic (exact) mass is 471 g/mol. The fraction of sp³-hybridized carbons (Fsp3) is 0.292. The first-order chi connectivity index (χ1) is 15.5. The molecule has 0 unspecified atom stereocenters. The summed E-state index contributed by atoms with van der Waals surface area (Å²) >= 11 is 6.17. The van der Waals surface area contributed by atoms with Crippen molar-refractivity contribution in [3.05, 3.63) is 70.6 Å². The highest BCUT2D eigenvalue weighted by Gasteiger charge is 2.24. The van der Waals surface area contributed by atoms with E-state index in [1.807, 2.05) is 39.0 Å². The molecule has 33 heavy (non-hydrogen) atoms. The third-order valence-corrected chi connectivity index (χ3v) is 5.23.